The highest BCUT2D eigenvalue weighted by molar-refractivity contribution is 5.70. The summed E-state index contributed by atoms with van der Waals surface area (Å²) in [5, 5.41) is 71.9. The van der Waals surface area contributed by atoms with Gasteiger partial charge in [0.2, 0.25) is 0 Å². The lowest BCUT2D eigenvalue weighted by atomic mass is 9.98. The summed E-state index contributed by atoms with van der Waals surface area (Å²) in [5.41, 5.74) is 0. The fourth-order valence-electron chi connectivity index (χ4n) is 7.04. The first-order chi connectivity index (χ1) is 30.5. The lowest BCUT2D eigenvalue weighted by Crippen LogP contribution is -2.61. The molecule has 15 heteroatoms. The van der Waals surface area contributed by atoms with Gasteiger partial charge in [-0.1, -0.05) is 107 Å². The molecule has 4 unspecified atom stereocenters. The number of rotatable bonds is 35. The molecule has 11 atom stereocenters. The molecule has 0 aromatic carbocycles. The van der Waals surface area contributed by atoms with Crippen LogP contribution < -0.4 is 0 Å². The number of hydrogen-bond donors (Lipinski definition) is 7. The number of carbonyl (C=O) groups excluding carboxylic acids is 2. The van der Waals surface area contributed by atoms with Gasteiger partial charge in [0.1, 0.15) is 55.4 Å². The first kappa shape index (κ1) is 56.6. The molecule has 0 radical (unpaired) electrons. The van der Waals surface area contributed by atoms with Crippen molar-refractivity contribution in [3.63, 3.8) is 0 Å². The minimum Gasteiger partial charge on any atom is -0.462 e. The number of aliphatic hydroxyl groups is 7. The van der Waals surface area contributed by atoms with Crippen LogP contribution in [-0.2, 0) is 38.0 Å². The lowest BCUT2D eigenvalue weighted by molar-refractivity contribution is -0.332. The van der Waals surface area contributed by atoms with Crippen LogP contribution in [0.15, 0.2) is 48.6 Å². The molecule has 2 heterocycles. The van der Waals surface area contributed by atoms with Gasteiger partial charge in [-0.25, -0.2) is 0 Å². The standard InChI is InChI=1S/C48H82O15/c1-3-5-7-9-11-13-15-17-18-19-21-23-25-27-29-31-40(51)61-36(33-58-39(50)30-28-26-24-22-20-16-14-12-10-8-6-4-2)34-59-47-46(57)44(55)42(53)38(63-47)35-60-48-45(56)43(54)41(52)37(32-49)62-48/h11-14,17-18,21,23,36-38,41-49,52-57H,3-10,15-16,19-20,22,24-35H2,1-2H3/b13-11+,14-12+,18-17+,23-21+/t36-,37-,38-,41+,42+,43?,44?,45?,46?,47-,48-/m1/s1. The fourth-order valence-corrected chi connectivity index (χ4v) is 7.04. The number of esters is 2. The molecule has 0 bridgehead atoms. The van der Waals surface area contributed by atoms with Gasteiger partial charge in [-0.2, -0.15) is 0 Å². The maximum Gasteiger partial charge on any atom is 0.306 e. The highest BCUT2D eigenvalue weighted by atomic mass is 16.7. The molecule has 63 heavy (non-hydrogen) atoms. The Labute approximate surface area is 376 Å². The molecule has 2 fully saturated rings. The molecule has 0 saturated carbocycles. The summed E-state index contributed by atoms with van der Waals surface area (Å²) in [4.78, 5) is 25.6. The topological polar surface area (TPSA) is 231 Å². The number of allylic oxidation sites excluding steroid dienone is 8. The van der Waals surface area contributed by atoms with Gasteiger partial charge in [-0.3, -0.25) is 9.59 Å². The molecule has 2 aliphatic heterocycles. The molecule has 2 saturated heterocycles. The Morgan fingerprint density at radius 1 is 0.508 bits per heavy atom. The van der Waals surface area contributed by atoms with Crippen molar-refractivity contribution < 1.29 is 73.8 Å². The van der Waals surface area contributed by atoms with E-state index in [1.807, 2.05) is 0 Å². The lowest BCUT2D eigenvalue weighted by Gasteiger charge is -2.42. The van der Waals surface area contributed by atoms with Gasteiger partial charge in [-0.05, 0) is 77.0 Å². The molecule has 2 aliphatic rings. The average Bonchev–Trinajstić information content (AvgIpc) is 3.28. The highest BCUT2D eigenvalue weighted by Crippen LogP contribution is 2.26. The molecule has 7 N–H and O–H groups in total. The third-order valence-electron chi connectivity index (χ3n) is 11.0. The van der Waals surface area contributed by atoms with Crippen LogP contribution >= 0.6 is 0 Å². The summed E-state index contributed by atoms with van der Waals surface area (Å²) in [5.74, 6) is -0.985. The number of aliphatic hydroxyl groups excluding tert-OH is 7. The monoisotopic (exact) mass is 899 g/mol. The summed E-state index contributed by atoms with van der Waals surface area (Å²) >= 11 is 0. The molecule has 2 rings (SSSR count). The molecule has 0 aromatic heterocycles. The van der Waals surface area contributed by atoms with E-state index in [0.717, 1.165) is 70.6 Å². The smallest absolute Gasteiger partial charge is 0.306 e. The van der Waals surface area contributed by atoms with Gasteiger partial charge in [-0.15, -0.1) is 0 Å². The van der Waals surface area contributed by atoms with Crippen LogP contribution in [0.3, 0.4) is 0 Å². The normalized spacial score (nSPS) is 27.3. The van der Waals surface area contributed by atoms with E-state index < -0.39 is 99.3 Å². The maximum absolute atomic E-state index is 12.9. The van der Waals surface area contributed by atoms with Crippen LogP contribution in [0, 0.1) is 0 Å². The summed E-state index contributed by atoms with van der Waals surface area (Å²) < 4.78 is 33.4. The van der Waals surface area contributed by atoms with Gasteiger partial charge in [0.15, 0.2) is 18.7 Å². The Kier molecular flexibility index (Phi) is 32.1. The third-order valence-corrected chi connectivity index (χ3v) is 11.0. The first-order valence-electron chi connectivity index (χ1n) is 23.7. The number of hydrogen-bond acceptors (Lipinski definition) is 15. The summed E-state index contributed by atoms with van der Waals surface area (Å²) in [6.07, 6.45) is 20.1. The molecule has 0 spiro atoms. The minimum atomic E-state index is -1.77. The van der Waals surface area contributed by atoms with Gasteiger partial charge < -0.3 is 64.2 Å². The largest absolute Gasteiger partial charge is 0.462 e. The Morgan fingerprint density at radius 3 is 1.54 bits per heavy atom. The molecular formula is C48H82O15. The maximum atomic E-state index is 12.9. The molecule has 0 aliphatic carbocycles. The predicted molar refractivity (Wildman–Crippen MR) is 238 cm³/mol. The van der Waals surface area contributed by atoms with Crippen LogP contribution in [0.4, 0.5) is 0 Å². The van der Waals surface area contributed by atoms with E-state index in [1.165, 1.54) is 38.5 Å². The molecule has 15 nitrogen and oxygen atoms in total. The first-order valence-corrected chi connectivity index (χ1v) is 23.7. The van der Waals surface area contributed by atoms with Gasteiger partial charge >= 0.3 is 11.9 Å². The minimum absolute atomic E-state index is 0.113. The Balaban J connectivity index is 1.87. The van der Waals surface area contributed by atoms with E-state index in [9.17, 15) is 45.3 Å². The Morgan fingerprint density at radius 2 is 0.952 bits per heavy atom. The van der Waals surface area contributed by atoms with E-state index in [2.05, 4.69) is 62.5 Å². The zero-order chi connectivity index (χ0) is 46.1. The van der Waals surface area contributed by atoms with Gasteiger partial charge in [0, 0.05) is 12.8 Å². The number of unbranched alkanes of at least 4 members (excludes halogenated alkanes) is 13. The van der Waals surface area contributed by atoms with Crippen molar-refractivity contribution in [1.82, 2.24) is 0 Å². The van der Waals surface area contributed by atoms with Crippen molar-refractivity contribution in [3.8, 4) is 0 Å². The van der Waals surface area contributed by atoms with Gasteiger partial charge in [0.05, 0.1) is 19.8 Å². The molecule has 0 aromatic rings. The van der Waals surface area contributed by atoms with Crippen molar-refractivity contribution >= 4 is 11.9 Å². The van der Waals surface area contributed by atoms with Crippen molar-refractivity contribution in [2.24, 2.45) is 0 Å². The van der Waals surface area contributed by atoms with Crippen molar-refractivity contribution in [2.75, 3.05) is 26.4 Å². The van der Waals surface area contributed by atoms with Crippen LogP contribution in [0.5, 0.6) is 0 Å². The summed E-state index contributed by atoms with van der Waals surface area (Å²) in [6.45, 7) is 2.46. The second-order valence-electron chi connectivity index (χ2n) is 16.6. The molecule has 0 amide bonds. The number of ether oxygens (including phenoxy) is 6. The van der Waals surface area contributed by atoms with E-state index in [1.54, 1.807) is 0 Å². The van der Waals surface area contributed by atoms with E-state index in [-0.39, 0.29) is 19.4 Å². The van der Waals surface area contributed by atoms with E-state index >= 15 is 0 Å². The molecular weight excluding hydrogens is 817 g/mol. The van der Waals surface area contributed by atoms with Crippen LogP contribution in [-0.4, -0.2) is 142 Å². The highest BCUT2D eigenvalue weighted by Gasteiger charge is 2.47. The summed E-state index contributed by atoms with van der Waals surface area (Å²) in [6, 6.07) is 0. The second-order valence-corrected chi connectivity index (χ2v) is 16.6. The van der Waals surface area contributed by atoms with E-state index in [0.29, 0.717) is 12.8 Å². The number of carbonyl (C=O) groups is 2. The van der Waals surface area contributed by atoms with Crippen LogP contribution in [0.2, 0.25) is 0 Å². The van der Waals surface area contributed by atoms with Crippen molar-refractivity contribution in [1.29, 1.82) is 0 Å². The SMILES string of the molecule is CCCCC/C=C/C/C=C/C/C=C/CCCCC(=O)O[C@H](COC(=O)CCCCCCC/C=C/CCCCC)CO[C@@H]1O[C@H](CO[C@@H]2O[C@H](CO)[C@H](O)C(O)C2O)[C@H](O)C(O)C1O. The predicted octanol–water partition coefficient (Wildman–Crippen LogP) is 5.54. The van der Waals surface area contributed by atoms with E-state index in [4.69, 9.17) is 28.4 Å². The average molecular weight is 899 g/mol. The van der Waals surface area contributed by atoms with Crippen LogP contribution in [0.1, 0.15) is 149 Å². The van der Waals surface area contributed by atoms with Crippen molar-refractivity contribution in [3.05, 3.63) is 48.6 Å². The van der Waals surface area contributed by atoms with Gasteiger partial charge in [0.25, 0.3) is 0 Å². The third kappa shape index (κ3) is 24.5. The fraction of sp³-hybridized carbons (Fsp3) is 0.792. The summed E-state index contributed by atoms with van der Waals surface area (Å²) in [7, 11) is 0. The zero-order valence-electron chi connectivity index (χ0n) is 38.0. The Hall–Kier alpha value is -2.54. The molecule has 364 valence electrons. The van der Waals surface area contributed by atoms with Crippen molar-refractivity contribution in [2.45, 2.75) is 216 Å². The van der Waals surface area contributed by atoms with Crippen LogP contribution in [0.25, 0.3) is 0 Å². The quantitative estimate of drug-likeness (QED) is 0.0235. The second kappa shape index (κ2) is 35.7. The zero-order valence-corrected chi connectivity index (χ0v) is 38.0. The Bertz CT molecular complexity index is 1290.